The van der Waals surface area contributed by atoms with E-state index in [1.54, 1.807) is 19.2 Å². The summed E-state index contributed by atoms with van der Waals surface area (Å²) in [4.78, 5) is 32.9. The van der Waals surface area contributed by atoms with Crippen LogP contribution in [0.25, 0.3) is 11.4 Å². The van der Waals surface area contributed by atoms with Gasteiger partial charge in [0.2, 0.25) is 0 Å². The number of rotatable bonds is 6. The molecule has 1 aliphatic rings. The monoisotopic (exact) mass is 481 g/mol. The summed E-state index contributed by atoms with van der Waals surface area (Å²) in [6, 6.07) is 20.1. The van der Waals surface area contributed by atoms with Crippen LogP contribution in [0.3, 0.4) is 0 Å². The number of hydrogen-bond acceptors (Lipinski definition) is 5. The number of aliphatic hydroxyl groups excluding tert-OH is 1. The average Bonchev–Trinajstić information content (AvgIpc) is 3.37. The molecule has 0 radical (unpaired) electrons. The molecule has 2 aromatic heterocycles. The van der Waals surface area contributed by atoms with Gasteiger partial charge in [0.15, 0.2) is 5.76 Å². The number of aliphatic hydroxyl groups is 1. The van der Waals surface area contributed by atoms with Crippen LogP contribution in [0.5, 0.6) is 5.75 Å². The highest BCUT2D eigenvalue weighted by Gasteiger charge is 2.46. The topological polar surface area (TPSA) is 84.1 Å². The number of imidazole rings is 1. The van der Waals surface area contributed by atoms with Crippen molar-refractivity contribution in [2.75, 3.05) is 13.7 Å². The first-order chi connectivity index (χ1) is 17.4. The Kier molecular flexibility index (Phi) is 6.06. The van der Waals surface area contributed by atoms with E-state index < -0.39 is 17.7 Å². The summed E-state index contributed by atoms with van der Waals surface area (Å²) in [7, 11) is 1.56. The Morgan fingerprint density at radius 2 is 1.81 bits per heavy atom. The Morgan fingerprint density at radius 1 is 1.03 bits per heavy atom. The fraction of sp³-hybridized carbons (Fsp3) is 0.207. The van der Waals surface area contributed by atoms with Gasteiger partial charge in [0.05, 0.1) is 24.4 Å². The number of carbonyl (C=O) groups is 2. The quantitative estimate of drug-likeness (QED) is 0.247. The number of fused-ring (bicyclic) bond motifs is 1. The lowest BCUT2D eigenvalue weighted by Crippen LogP contribution is -2.31. The summed E-state index contributed by atoms with van der Waals surface area (Å²) >= 11 is 0. The molecule has 3 heterocycles. The van der Waals surface area contributed by atoms with Gasteiger partial charge >= 0.3 is 0 Å². The highest BCUT2D eigenvalue weighted by molar-refractivity contribution is 6.46. The Balaban J connectivity index is 1.66. The minimum atomic E-state index is -0.769. The molecule has 7 nitrogen and oxygen atoms in total. The number of carbonyl (C=O) groups excluding carboxylic acids is 2. The first kappa shape index (κ1) is 23.4. The van der Waals surface area contributed by atoms with E-state index in [9.17, 15) is 14.7 Å². The number of ether oxygens (including phenoxy) is 1. The van der Waals surface area contributed by atoms with E-state index in [0.717, 1.165) is 11.1 Å². The fourth-order valence-electron chi connectivity index (χ4n) is 4.84. The Hall–Kier alpha value is -4.39. The molecule has 1 N–H and O–H groups in total. The number of likely N-dealkylation sites (tertiary alicyclic amines) is 1. The summed E-state index contributed by atoms with van der Waals surface area (Å²) in [5, 5.41) is 11.5. The van der Waals surface area contributed by atoms with Crippen molar-refractivity contribution in [2.24, 2.45) is 0 Å². The SMILES string of the molecule is COc1cccc(C2/C(=C(\O)c3nc4c(C)cccn4c3C)C(=O)C(=O)N2CCc2ccccc2)c1. The van der Waals surface area contributed by atoms with Gasteiger partial charge in [0.1, 0.15) is 17.1 Å². The van der Waals surface area contributed by atoms with Gasteiger partial charge in [-0.3, -0.25) is 9.59 Å². The van der Waals surface area contributed by atoms with Crippen LogP contribution in [-0.4, -0.2) is 44.7 Å². The van der Waals surface area contributed by atoms with Crippen LogP contribution < -0.4 is 4.74 Å². The Morgan fingerprint density at radius 3 is 2.53 bits per heavy atom. The predicted octanol–water partition coefficient (Wildman–Crippen LogP) is 4.62. The van der Waals surface area contributed by atoms with Gasteiger partial charge in [-0.15, -0.1) is 0 Å². The van der Waals surface area contributed by atoms with E-state index in [1.165, 1.54) is 4.90 Å². The van der Waals surface area contributed by atoms with E-state index in [2.05, 4.69) is 4.98 Å². The van der Waals surface area contributed by atoms with Crippen LogP contribution in [0.15, 0.2) is 78.5 Å². The largest absolute Gasteiger partial charge is 0.505 e. The number of hydrogen-bond donors (Lipinski definition) is 1. The third kappa shape index (κ3) is 3.92. The molecule has 0 spiro atoms. The van der Waals surface area contributed by atoms with Gasteiger partial charge in [-0.25, -0.2) is 4.98 Å². The second-order valence-electron chi connectivity index (χ2n) is 8.94. The average molecular weight is 482 g/mol. The summed E-state index contributed by atoms with van der Waals surface area (Å²) in [5.41, 5.74) is 4.37. The number of Topliss-reactive ketones (excluding diaryl/α,β-unsaturated/α-hetero) is 1. The van der Waals surface area contributed by atoms with Gasteiger partial charge in [0, 0.05) is 12.7 Å². The second-order valence-corrected chi connectivity index (χ2v) is 8.94. The molecule has 4 aromatic rings. The lowest BCUT2D eigenvalue weighted by atomic mass is 9.96. The van der Waals surface area contributed by atoms with E-state index >= 15 is 0 Å². The van der Waals surface area contributed by atoms with Crippen LogP contribution in [0.4, 0.5) is 0 Å². The molecule has 1 unspecified atom stereocenters. The molecule has 5 rings (SSSR count). The van der Waals surface area contributed by atoms with E-state index in [1.807, 2.05) is 79.0 Å². The number of nitrogens with zero attached hydrogens (tertiary/aromatic N) is 3. The summed E-state index contributed by atoms with van der Waals surface area (Å²) in [5.74, 6) is -1.04. The second kappa shape index (κ2) is 9.34. The molecular weight excluding hydrogens is 454 g/mol. The molecule has 0 aliphatic carbocycles. The van der Waals surface area contributed by atoms with Gasteiger partial charge in [-0.1, -0.05) is 48.5 Å². The molecule has 1 aliphatic heterocycles. The van der Waals surface area contributed by atoms with Crippen molar-refractivity contribution in [3.63, 3.8) is 0 Å². The van der Waals surface area contributed by atoms with Crippen molar-refractivity contribution >= 4 is 23.1 Å². The van der Waals surface area contributed by atoms with E-state index in [-0.39, 0.29) is 11.3 Å². The van der Waals surface area contributed by atoms with Crippen molar-refractivity contribution in [2.45, 2.75) is 26.3 Å². The third-order valence-electron chi connectivity index (χ3n) is 6.74. The highest BCUT2D eigenvalue weighted by atomic mass is 16.5. The van der Waals surface area contributed by atoms with Crippen LogP contribution in [-0.2, 0) is 16.0 Å². The first-order valence-electron chi connectivity index (χ1n) is 11.8. The molecule has 1 atom stereocenters. The Labute approximate surface area is 209 Å². The van der Waals surface area contributed by atoms with Crippen molar-refractivity contribution < 1.29 is 19.4 Å². The summed E-state index contributed by atoms with van der Waals surface area (Å²) < 4.78 is 7.27. The van der Waals surface area contributed by atoms with E-state index in [4.69, 9.17) is 4.74 Å². The number of methoxy groups -OCH3 is 1. The van der Waals surface area contributed by atoms with Crippen LogP contribution >= 0.6 is 0 Å². The van der Waals surface area contributed by atoms with Gasteiger partial charge < -0.3 is 19.1 Å². The third-order valence-corrected chi connectivity index (χ3v) is 6.74. The zero-order chi connectivity index (χ0) is 25.4. The molecule has 1 saturated heterocycles. The minimum absolute atomic E-state index is 0.0328. The normalized spacial score (nSPS) is 17.2. The summed E-state index contributed by atoms with van der Waals surface area (Å²) in [6.45, 7) is 4.08. The zero-order valence-electron chi connectivity index (χ0n) is 20.4. The number of aryl methyl sites for hydroxylation is 2. The molecule has 7 heteroatoms. The maximum Gasteiger partial charge on any atom is 0.295 e. The summed E-state index contributed by atoms with van der Waals surface area (Å²) in [6.07, 6.45) is 2.43. The number of pyridine rings is 1. The number of benzene rings is 2. The molecule has 36 heavy (non-hydrogen) atoms. The lowest BCUT2D eigenvalue weighted by Gasteiger charge is -2.25. The van der Waals surface area contributed by atoms with E-state index in [0.29, 0.717) is 41.3 Å². The molecule has 2 aromatic carbocycles. The maximum atomic E-state index is 13.4. The molecule has 1 fully saturated rings. The molecule has 0 bridgehead atoms. The molecule has 0 saturated carbocycles. The van der Waals surface area contributed by atoms with Gasteiger partial charge in [-0.2, -0.15) is 0 Å². The molecular formula is C29H27N3O4. The van der Waals surface area contributed by atoms with Crippen LogP contribution in [0.2, 0.25) is 0 Å². The minimum Gasteiger partial charge on any atom is -0.505 e. The zero-order valence-corrected chi connectivity index (χ0v) is 20.4. The lowest BCUT2D eigenvalue weighted by molar-refractivity contribution is -0.139. The maximum absolute atomic E-state index is 13.4. The van der Waals surface area contributed by atoms with Crippen molar-refractivity contribution in [3.8, 4) is 5.75 Å². The van der Waals surface area contributed by atoms with Crippen molar-refractivity contribution in [3.05, 3.63) is 107 Å². The molecule has 1 amide bonds. The predicted molar refractivity (Wildman–Crippen MR) is 137 cm³/mol. The molecule has 182 valence electrons. The first-order valence-corrected chi connectivity index (χ1v) is 11.8. The number of aromatic nitrogens is 2. The Bertz CT molecular complexity index is 1500. The van der Waals surface area contributed by atoms with Crippen LogP contribution in [0.1, 0.15) is 34.1 Å². The van der Waals surface area contributed by atoms with Crippen LogP contribution in [0, 0.1) is 13.8 Å². The fourth-order valence-corrected chi connectivity index (χ4v) is 4.84. The standard InChI is InChI=1S/C29H27N3O4/c1-18-9-8-15-31-19(2)24(30-28(18)31)26(33)23-25(21-12-7-13-22(17-21)36-3)32(29(35)27(23)34)16-14-20-10-5-4-6-11-20/h4-13,15,17,25,33H,14,16H2,1-3H3/b26-23+. The smallest absolute Gasteiger partial charge is 0.295 e. The van der Waals surface area contributed by atoms with Gasteiger partial charge in [-0.05, 0) is 55.2 Å². The number of ketones is 1. The highest BCUT2D eigenvalue weighted by Crippen LogP contribution is 2.40. The van der Waals surface area contributed by atoms with Crippen molar-refractivity contribution in [1.82, 2.24) is 14.3 Å². The van der Waals surface area contributed by atoms with Gasteiger partial charge in [0.25, 0.3) is 11.7 Å². The number of amides is 1. The van der Waals surface area contributed by atoms with Crippen molar-refractivity contribution in [1.29, 1.82) is 0 Å².